The summed E-state index contributed by atoms with van der Waals surface area (Å²) in [5, 5.41) is 7.18. The number of carbonyl (C=O) groups is 1. The number of rotatable bonds is 8. The number of ether oxygens (including phenoxy) is 1. The van der Waals surface area contributed by atoms with Crippen molar-refractivity contribution in [1.82, 2.24) is 9.88 Å². The number of nitrogens with one attached hydrogen (secondary N) is 1. The first-order valence-corrected chi connectivity index (χ1v) is 9.25. The molecule has 4 nitrogen and oxygen atoms in total. The molecule has 0 unspecified atom stereocenters. The molecule has 2 aromatic heterocycles. The first-order valence-electron chi connectivity index (χ1n) is 8.31. The Labute approximate surface area is 152 Å². The third-order valence-electron chi connectivity index (χ3n) is 4.20. The van der Waals surface area contributed by atoms with Crippen molar-refractivity contribution < 1.29 is 9.53 Å². The summed E-state index contributed by atoms with van der Waals surface area (Å²) in [4.78, 5) is 12.4. The van der Waals surface area contributed by atoms with Gasteiger partial charge in [0.25, 0.3) is 0 Å². The van der Waals surface area contributed by atoms with E-state index in [0.29, 0.717) is 13.0 Å². The molecule has 1 aromatic carbocycles. The quantitative estimate of drug-likeness (QED) is 0.667. The van der Waals surface area contributed by atoms with Crippen molar-refractivity contribution in [1.29, 1.82) is 0 Å². The van der Waals surface area contributed by atoms with E-state index in [4.69, 9.17) is 4.74 Å². The summed E-state index contributed by atoms with van der Waals surface area (Å²) in [6.07, 6.45) is 5.19. The highest BCUT2D eigenvalue weighted by molar-refractivity contribution is 7.08. The molecule has 0 bridgehead atoms. The number of carbonyl (C=O) groups excluding carboxylic acids is 1. The highest BCUT2D eigenvalue weighted by Gasteiger charge is 2.17. The zero-order valence-electron chi connectivity index (χ0n) is 14.2. The number of thiophene rings is 1. The van der Waals surface area contributed by atoms with Gasteiger partial charge in [0.1, 0.15) is 5.75 Å². The Kier molecular flexibility index (Phi) is 5.90. The van der Waals surface area contributed by atoms with Crippen molar-refractivity contribution in [3.05, 3.63) is 76.7 Å². The van der Waals surface area contributed by atoms with Crippen LogP contribution in [0.25, 0.3) is 0 Å². The molecule has 3 aromatic rings. The van der Waals surface area contributed by atoms with Crippen LogP contribution in [0.2, 0.25) is 0 Å². The number of hydrogen-bond acceptors (Lipinski definition) is 3. The van der Waals surface area contributed by atoms with Crippen molar-refractivity contribution in [2.24, 2.45) is 0 Å². The van der Waals surface area contributed by atoms with Crippen molar-refractivity contribution in [2.45, 2.75) is 18.9 Å². The summed E-state index contributed by atoms with van der Waals surface area (Å²) in [6, 6.07) is 14.0. The van der Waals surface area contributed by atoms with Gasteiger partial charge >= 0.3 is 0 Å². The molecule has 1 N–H and O–H groups in total. The molecule has 0 aliphatic rings. The topological polar surface area (TPSA) is 43.3 Å². The Hall–Kier alpha value is -2.53. The predicted octanol–water partition coefficient (Wildman–Crippen LogP) is 3.90. The molecule has 0 aliphatic heterocycles. The van der Waals surface area contributed by atoms with Crippen LogP contribution in [0, 0.1) is 0 Å². The molecule has 5 heteroatoms. The minimum absolute atomic E-state index is 0.0347. The molecule has 25 heavy (non-hydrogen) atoms. The number of nitrogens with zero attached hydrogens (tertiary/aromatic N) is 1. The SMILES string of the molecule is COc1ccccc1CCNC(=O)C[C@H](c1ccsc1)n1cccc1. The first kappa shape index (κ1) is 17.3. The van der Waals surface area contributed by atoms with Crippen molar-refractivity contribution >= 4 is 17.2 Å². The van der Waals surface area contributed by atoms with Crippen LogP contribution in [0.15, 0.2) is 65.6 Å². The fourth-order valence-electron chi connectivity index (χ4n) is 2.91. The average molecular weight is 354 g/mol. The normalized spacial score (nSPS) is 11.9. The van der Waals surface area contributed by atoms with Crippen LogP contribution in [0.3, 0.4) is 0 Å². The first-order chi connectivity index (χ1) is 12.3. The van der Waals surface area contributed by atoms with Crippen LogP contribution in [-0.2, 0) is 11.2 Å². The summed E-state index contributed by atoms with van der Waals surface area (Å²) in [5.41, 5.74) is 2.27. The maximum atomic E-state index is 12.4. The van der Waals surface area contributed by atoms with Gasteiger partial charge in [-0.15, -0.1) is 0 Å². The van der Waals surface area contributed by atoms with Crippen LogP contribution in [0.1, 0.15) is 23.6 Å². The molecule has 0 aliphatic carbocycles. The second-order valence-corrected chi connectivity index (χ2v) is 6.60. The molecule has 1 atom stereocenters. The molecule has 3 rings (SSSR count). The van der Waals surface area contributed by atoms with E-state index in [1.807, 2.05) is 54.2 Å². The van der Waals surface area contributed by atoms with Gasteiger partial charge in [0.15, 0.2) is 0 Å². The van der Waals surface area contributed by atoms with Crippen LogP contribution in [0.4, 0.5) is 0 Å². The minimum Gasteiger partial charge on any atom is -0.496 e. The van der Waals surface area contributed by atoms with E-state index < -0.39 is 0 Å². The molecule has 1 amide bonds. The second-order valence-electron chi connectivity index (χ2n) is 5.82. The molecule has 2 heterocycles. The van der Waals surface area contributed by atoms with Crippen molar-refractivity contribution in [2.75, 3.05) is 13.7 Å². The van der Waals surface area contributed by atoms with Crippen molar-refractivity contribution in [3.63, 3.8) is 0 Å². The second kappa shape index (κ2) is 8.53. The van der Waals surface area contributed by atoms with Gasteiger partial charge in [0.05, 0.1) is 19.6 Å². The van der Waals surface area contributed by atoms with Gasteiger partial charge in [-0.3, -0.25) is 4.79 Å². The minimum atomic E-state index is 0.0347. The van der Waals surface area contributed by atoms with Gasteiger partial charge in [0.2, 0.25) is 5.91 Å². The average Bonchev–Trinajstić information content (AvgIpc) is 3.34. The molecule has 0 fully saturated rings. The summed E-state index contributed by atoms with van der Waals surface area (Å²) >= 11 is 1.65. The molecule has 0 spiro atoms. The lowest BCUT2D eigenvalue weighted by Crippen LogP contribution is -2.28. The monoisotopic (exact) mass is 354 g/mol. The smallest absolute Gasteiger partial charge is 0.222 e. The van der Waals surface area contributed by atoms with Gasteiger partial charge in [-0.05, 0) is 52.6 Å². The lowest BCUT2D eigenvalue weighted by atomic mass is 10.1. The number of hydrogen-bond donors (Lipinski definition) is 1. The zero-order chi connectivity index (χ0) is 17.5. The van der Waals surface area contributed by atoms with E-state index in [2.05, 4.69) is 21.3 Å². The van der Waals surface area contributed by atoms with E-state index in [-0.39, 0.29) is 11.9 Å². The predicted molar refractivity (Wildman–Crippen MR) is 101 cm³/mol. The van der Waals surface area contributed by atoms with E-state index in [1.54, 1.807) is 18.4 Å². The van der Waals surface area contributed by atoms with Crippen LogP contribution in [-0.4, -0.2) is 24.1 Å². The molecular weight excluding hydrogens is 332 g/mol. The van der Waals surface area contributed by atoms with Crippen LogP contribution >= 0.6 is 11.3 Å². The Morgan fingerprint density at radius 1 is 1.20 bits per heavy atom. The lowest BCUT2D eigenvalue weighted by Gasteiger charge is -2.18. The van der Waals surface area contributed by atoms with E-state index >= 15 is 0 Å². The standard InChI is InChI=1S/C20H22N2O2S/c1-24-19-7-3-2-6-16(19)8-10-21-20(23)14-18(17-9-13-25-15-17)22-11-4-5-12-22/h2-7,9,11-13,15,18H,8,10,14H2,1H3,(H,21,23)/t18-/m1/s1. The number of benzene rings is 1. The fourth-order valence-corrected chi connectivity index (χ4v) is 3.62. The fraction of sp³-hybridized carbons (Fsp3) is 0.250. The number of amides is 1. The summed E-state index contributed by atoms with van der Waals surface area (Å²) in [7, 11) is 1.67. The summed E-state index contributed by atoms with van der Waals surface area (Å²) < 4.78 is 7.44. The maximum Gasteiger partial charge on any atom is 0.222 e. The number of para-hydroxylation sites is 1. The largest absolute Gasteiger partial charge is 0.496 e. The number of methoxy groups -OCH3 is 1. The Balaban J connectivity index is 1.57. The highest BCUT2D eigenvalue weighted by atomic mass is 32.1. The molecule has 0 saturated carbocycles. The van der Waals surface area contributed by atoms with Gasteiger partial charge in [-0.2, -0.15) is 11.3 Å². The molecule has 130 valence electrons. The van der Waals surface area contributed by atoms with Gasteiger partial charge in [-0.25, -0.2) is 0 Å². The summed E-state index contributed by atoms with van der Waals surface area (Å²) in [6.45, 7) is 0.598. The molecule has 0 radical (unpaired) electrons. The van der Waals surface area contributed by atoms with E-state index in [9.17, 15) is 4.79 Å². The Morgan fingerprint density at radius 2 is 2.00 bits per heavy atom. The van der Waals surface area contributed by atoms with Crippen LogP contribution < -0.4 is 10.1 Å². The van der Waals surface area contributed by atoms with Gasteiger partial charge < -0.3 is 14.6 Å². The van der Waals surface area contributed by atoms with Gasteiger partial charge in [-0.1, -0.05) is 18.2 Å². The lowest BCUT2D eigenvalue weighted by molar-refractivity contribution is -0.121. The third-order valence-corrected chi connectivity index (χ3v) is 4.90. The Morgan fingerprint density at radius 3 is 2.72 bits per heavy atom. The third kappa shape index (κ3) is 4.51. The van der Waals surface area contributed by atoms with E-state index in [1.165, 1.54) is 5.56 Å². The van der Waals surface area contributed by atoms with Gasteiger partial charge in [0, 0.05) is 18.9 Å². The summed E-state index contributed by atoms with van der Waals surface area (Å²) in [5.74, 6) is 0.917. The molecular formula is C20H22N2O2S. The zero-order valence-corrected chi connectivity index (χ0v) is 15.0. The molecule has 0 saturated heterocycles. The van der Waals surface area contributed by atoms with E-state index in [0.717, 1.165) is 17.7 Å². The Bertz CT molecular complexity index is 748. The van der Waals surface area contributed by atoms with Crippen molar-refractivity contribution in [3.8, 4) is 5.75 Å². The van der Waals surface area contributed by atoms with Crippen LogP contribution in [0.5, 0.6) is 5.75 Å². The maximum absolute atomic E-state index is 12.4. The number of aromatic nitrogens is 1. The highest BCUT2D eigenvalue weighted by Crippen LogP contribution is 2.24.